The molecule has 0 spiro atoms. The Kier molecular flexibility index (Phi) is 6.45. The molecule has 22 heavy (non-hydrogen) atoms. The van der Waals surface area contributed by atoms with Gasteiger partial charge in [-0.2, -0.15) is 0 Å². The number of carbonyl (C=O) groups is 1. The van der Waals surface area contributed by atoms with Crippen molar-refractivity contribution in [2.24, 2.45) is 0 Å². The first kappa shape index (κ1) is 16.0. The fraction of sp³-hybridized carbons (Fsp3) is 0.278. The second-order valence-corrected chi connectivity index (χ2v) is 5.07. The van der Waals surface area contributed by atoms with E-state index in [0.29, 0.717) is 26.1 Å². The molecule has 0 radical (unpaired) electrons. The Hall–Kier alpha value is -2.33. The summed E-state index contributed by atoms with van der Waals surface area (Å²) in [4.78, 5) is 16.8. The molecule has 2 aromatic carbocycles. The van der Waals surface area contributed by atoms with Crippen LogP contribution in [-0.4, -0.2) is 12.5 Å². The van der Waals surface area contributed by atoms with Crippen LogP contribution in [0.25, 0.3) is 0 Å². The number of hydrogen-bond donors (Lipinski definition) is 1. The summed E-state index contributed by atoms with van der Waals surface area (Å²) in [5.41, 5.74) is 4.62. The maximum absolute atomic E-state index is 11.6. The summed E-state index contributed by atoms with van der Waals surface area (Å²) in [6.45, 7) is 2.90. The largest absolute Gasteiger partial charge is 0.494 e. The van der Waals surface area contributed by atoms with Crippen molar-refractivity contribution in [3.63, 3.8) is 0 Å². The number of ether oxygens (including phenoxy) is 1. The van der Waals surface area contributed by atoms with E-state index < -0.39 is 0 Å². The number of benzene rings is 2. The minimum Gasteiger partial charge on any atom is -0.494 e. The molecule has 0 aromatic heterocycles. The smallest absolute Gasteiger partial charge is 0.243 e. The van der Waals surface area contributed by atoms with Crippen LogP contribution in [0.5, 0.6) is 5.75 Å². The molecule has 116 valence electrons. The molecule has 0 fully saturated rings. The number of carbonyl (C=O) groups excluding carboxylic acids is 1. The van der Waals surface area contributed by atoms with Gasteiger partial charge in [0.05, 0.1) is 13.2 Å². The highest BCUT2D eigenvalue weighted by molar-refractivity contribution is 5.74. The molecule has 0 unspecified atom stereocenters. The van der Waals surface area contributed by atoms with Crippen molar-refractivity contribution in [2.45, 2.75) is 26.4 Å². The van der Waals surface area contributed by atoms with E-state index in [-0.39, 0.29) is 5.91 Å². The van der Waals surface area contributed by atoms with Crippen molar-refractivity contribution in [1.29, 1.82) is 0 Å². The van der Waals surface area contributed by atoms with Crippen LogP contribution < -0.4 is 10.2 Å². The SMILES string of the molecule is Cc1cccc(OCCCC(=O)NOCc2ccccc2)c1. The van der Waals surface area contributed by atoms with Gasteiger partial charge in [-0.25, -0.2) is 5.48 Å². The van der Waals surface area contributed by atoms with E-state index >= 15 is 0 Å². The van der Waals surface area contributed by atoms with Crippen LogP contribution in [0.1, 0.15) is 24.0 Å². The molecule has 1 amide bonds. The van der Waals surface area contributed by atoms with Crippen LogP contribution in [0.4, 0.5) is 0 Å². The molecule has 4 nitrogen and oxygen atoms in total. The molecule has 0 saturated carbocycles. The molecule has 2 aromatic rings. The number of hydrogen-bond acceptors (Lipinski definition) is 3. The highest BCUT2D eigenvalue weighted by Crippen LogP contribution is 2.12. The number of nitrogens with one attached hydrogen (secondary N) is 1. The van der Waals surface area contributed by atoms with Gasteiger partial charge in [0.2, 0.25) is 5.91 Å². The molecule has 0 aliphatic heterocycles. The van der Waals surface area contributed by atoms with E-state index in [1.807, 2.05) is 61.5 Å². The van der Waals surface area contributed by atoms with E-state index in [9.17, 15) is 4.79 Å². The Morgan fingerprint density at radius 3 is 2.68 bits per heavy atom. The topological polar surface area (TPSA) is 47.6 Å². The summed E-state index contributed by atoms with van der Waals surface area (Å²) in [5, 5.41) is 0. The molecule has 2 rings (SSSR count). The summed E-state index contributed by atoms with van der Waals surface area (Å²) in [6.07, 6.45) is 1.02. The zero-order valence-electron chi connectivity index (χ0n) is 12.7. The van der Waals surface area contributed by atoms with Gasteiger partial charge in [0.25, 0.3) is 0 Å². The molecular weight excluding hydrogens is 278 g/mol. The summed E-state index contributed by atoms with van der Waals surface area (Å²) in [6, 6.07) is 17.6. The van der Waals surface area contributed by atoms with Crippen LogP contribution >= 0.6 is 0 Å². The average Bonchev–Trinajstić information content (AvgIpc) is 2.53. The van der Waals surface area contributed by atoms with Gasteiger partial charge in [-0.05, 0) is 36.6 Å². The van der Waals surface area contributed by atoms with Crippen LogP contribution in [0.15, 0.2) is 54.6 Å². The van der Waals surface area contributed by atoms with Gasteiger partial charge < -0.3 is 4.74 Å². The Balaban J connectivity index is 1.56. The third kappa shape index (κ3) is 5.97. The van der Waals surface area contributed by atoms with E-state index in [1.165, 1.54) is 0 Å². The van der Waals surface area contributed by atoms with Crippen molar-refractivity contribution in [2.75, 3.05) is 6.61 Å². The van der Waals surface area contributed by atoms with Gasteiger partial charge in [-0.1, -0.05) is 42.5 Å². The standard InChI is InChI=1S/C18H21NO3/c1-15-7-5-10-17(13-15)21-12-6-11-18(20)19-22-14-16-8-3-2-4-9-16/h2-5,7-10,13H,6,11-12,14H2,1H3,(H,19,20). The average molecular weight is 299 g/mol. The highest BCUT2D eigenvalue weighted by atomic mass is 16.6. The van der Waals surface area contributed by atoms with E-state index in [4.69, 9.17) is 9.57 Å². The van der Waals surface area contributed by atoms with E-state index in [2.05, 4.69) is 5.48 Å². The second-order valence-electron chi connectivity index (χ2n) is 5.07. The predicted molar refractivity (Wildman–Crippen MR) is 85.3 cm³/mol. The lowest BCUT2D eigenvalue weighted by Crippen LogP contribution is -2.23. The zero-order valence-corrected chi connectivity index (χ0v) is 12.7. The summed E-state index contributed by atoms with van der Waals surface area (Å²) < 4.78 is 5.59. The van der Waals surface area contributed by atoms with Gasteiger partial charge in [-0.15, -0.1) is 0 Å². The number of hydroxylamine groups is 1. The number of rotatable bonds is 8. The van der Waals surface area contributed by atoms with E-state index in [1.54, 1.807) is 0 Å². The van der Waals surface area contributed by atoms with Gasteiger partial charge in [0.15, 0.2) is 0 Å². The summed E-state index contributed by atoms with van der Waals surface area (Å²) >= 11 is 0. The van der Waals surface area contributed by atoms with Crippen molar-refractivity contribution in [3.05, 3.63) is 65.7 Å². The molecule has 0 atom stereocenters. The lowest BCUT2D eigenvalue weighted by molar-refractivity contribution is -0.134. The zero-order chi connectivity index (χ0) is 15.6. The minimum absolute atomic E-state index is 0.135. The Morgan fingerprint density at radius 1 is 1.09 bits per heavy atom. The van der Waals surface area contributed by atoms with Crippen molar-refractivity contribution >= 4 is 5.91 Å². The number of amides is 1. The Morgan fingerprint density at radius 2 is 1.91 bits per heavy atom. The fourth-order valence-corrected chi connectivity index (χ4v) is 1.95. The normalized spacial score (nSPS) is 10.2. The third-order valence-electron chi connectivity index (χ3n) is 3.07. The monoisotopic (exact) mass is 299 g/mol. The van der Waals surface area contributed by atoms with Crippen molar-refractivity contribution in [1.82, 2.24) is 5.48 Å². The number of aryl methyl sites for hydroxylation is 1. The Labute approximate surface area is 131 Å². The minimum atomic E-state index is -0.135. The first-order valence-corrected chi connectivity index (χ1v) is 7.38. The molecule has 0 saturated heterocycles. The van der Waals surface area contributed by atoms with Crippen molar-refractivity contribution < 1.29 is 14.4 Å². The highest BCUT2D eigenvalue weighted by Gasteiger charge is 2.02. The Bertz CT molecular complexity index is 584. The third-order valence-corrected chi connectivity index (χ3v) is 3.07. The quantitative estimate of drug-likeness (QED) is 0.600. The molecule has 4 heteroatoms. The second kappa shape index (κ2) is 8.85. The van der Waals surface area contributed by atoms with Crippen LogP contribution in [0.3, 0.4) is 0 Å². The van der Waals surface area contributed by atoms with Gasteiger partial charge in [0, 0.05) is 6.42 Å². The van der Waals surface area contributed by atoms with Crippen molar-refractivity contribution in [3.8, 4) is 5.75 Å². The van der Waals surface area contributed by atoms with Crippen LogP contribution in [-0.2, 0) is 16.2 Å². The molecule has 0 bridgehead atoms. The van der Waals surface area contributed by atoms with E-state index in [0.717, 1.165) is 16.9 Å². The fourth-order valence-electron chi connectivity index (χ4n) is 1.95. The van der Waals surface area contributed by atoms with Gasteiger partial charge >= 0.3 is 0 Å². The maximum atomic E-state index is 11.6. The molecule has 1 N–H and O–H groups in total. The predicted octanol–water partition coefficient (Wildman–Crippen LogP) is 3.40. The summed E-state index contributed by atoms with van der Waals surface area (Å²) in [5.74, 6) is 0.699. The molecule has 0 aliphatic rings. The lowest BCUT2D eigenvalue weighted by atomic mass is 10.2. The molecule has 0 heterocycles. The van der Waals surface area contributed by atoms with Gasteiger partial charge in [0.1, 0.15) is 5.75 Å². The first-order chi connectivity index (χ1) is 10.7. The lowest BCUT2D eigenvalue weighted by Gasteiger charge is -2.08. The summed E-state index contributed by atoms with van der Waals surface area (Å²) in [7, 11) is 0. The van der Waals surface area contributed by atoms with Gasteiger partial charge in [-0.3, -0.25) is 9.63 Å². The molecule has 0 aliphatic carbocycles. The van der Waals surface area contributed by atoms with Crippen LogP contribution in [0, 0.1) is 6.92 Å². The van der Waals surface area contributed by atoms with Crippen LogP contribution in [0.2, 0.25) is 0 Å². The maximum Gasteiger partial charge on any atom is 0.243 e. The molecular formula is C18H21NO3. The first-order valence-electron chi connectivity index (χ1n) is 7.38.